The summed E-state index contributed by atoms with van der Waals surface area (Å²) in [6, 6.07) is 7.21. The molecule has 32 heavy (non-hydrogen) atoms. The lowest BCUT2D eigenvalue weighted by Gasteiger charge is -2.34. The Balaban J connectivity index is 1.71. The van der Waals surface area contributed by atoms with Gasteiger partial charge in [-0.1, -0.05) is 0 Å². The van der Waals surface area contributed by atoms with Crippen molar-refractivity contribution in [3.8, 4) is 22.8 Å². The summed E-state index contributed by atoms with van der Waals surface area (Å²) in [6.45, 7) is 3.60. The number of aromatic nitrogens is 2. The molecule has 170 valence electrons. The third-order valence-corrected chi connectivity index (χ3v) is 4.98. The number of nitrogens with zero attached hydrogens (tertiary/aromatic N) is 4. The highest BCUT2D eigenvalue weighted by molar-refractivity contribution is 5.96. The van der Waals surface area contributed by atoms with Gasteiger partial charge in [0.1, 0.15) is 5.70 Å². The molecule has 0 radical (unpaired) electrons. The molecule has 0 bridgehead atoms. The van der Waals surface area contributed by atoms with Crippen LogP contribution in [0, 0.1) is 0 Å². The number of carbonyl (C=O) groups excluding carboxylic acids is 2. The standard InChI is InChI=1S/C22H27N5O5/c1-4-32-22(29)27-11-9-26(10-12-27)21(28)16(23)14-20-24-8-7-17(25-20)15-5-6-18(30-2)19(13-15)31-3/h5-8,13-14H,4,9-12,23H2,1-3H3/b16-14-. The second kappa shape index (κ2) is 10.5. The van der Waals surface area contributed by atoms with Crippen LogP contribution in [0.1, 0.15) is 12.7 Å². The molecule has 3 rings (SSSR count). The van der Waals surface area contributed by atoms with Gasteiger partial charge in [-0.25, -0.2) is 14.8 Å². The van der Waals surface area contributed by atoms with Crippen molar-refractivity contribution in [2.75, 3.05) is 47.0 Å². The molecule has 0 atom stereocenters. The first-order valence-corrected chi connectivity index (χ1v) is 10.2. The normalized spacial score (nSPS) is 14.2. The minimum absolute atomic E-state index is 0.0269. The molecule has 2 amide bonds. The molecule has 0 spiro atoms. The topological polar surface area (TPSA) is 120 Å². The second-order valence-corrected chi connectivity index (χ2v) is 6.95. The number of amides is 2. The third-order valence-electron chi connectivity index (χ3n) is 4.98. The van der Waals surface area contributed by atoms with Gasteiger partial charge in [0.25, 0.3) is 5.91 Å². The summed E-state index contributed by atoms with van der Waals surface area (Å²) in [4.78, 5) is 36.4. The molecule has 1 fully saturated rings. The Morgan fingerprint density at radius 3 is 2.41 bits per heavy atom. The van der Waals surface area contributed by atoms with E-state index in [1.165, 1.54) is 6.08 Å². The molecule has 10 heteroatoms. The summed E-state index contributed by atoms with van der Waals surface area (Å²) in [5.41, 5.74) is 7.52. The van der Waals surface area contributed by atoms with Crippen molar-refractivity contribution >= 4 is 18.1 Å². The van der Waals surface area contributed by atoms with Crippen molar-refractivity contribution in [1.29, 1.82) is 0 Å². The number of hydrogen-bond donors (Lipinski definition) is 1. The average molecular weight is 441 g/mol. The molecule has 2 heterocycles. The Hall–Kier alpha value is -3.82. The molecule has 0 unspecified atom stereocenters. The number of hydrogen-bond acceptors (Lipinski definition) is 8. The molecule has 2 aromatic rings. The van der Waals surface area contributed by atoms with E-state index in [0.717, 1.165) is 5.56 Å². The van der Waals surface area contributed by atoms with Crippen molar-refractivity contribution in [2.45, 2.75) is 6.92 Å². The molecule has 2 N–H and O–H groups in total. The Bertz CT molecular complexity index is 1000. The van der Waals surface area contributed by atoms with E-state index < -0.39 is 0 Å². The van der Waals surface area contributed by atoms with E-state index in [1.807, 2.05) is 12.1 Å². The zero-order valence-corrected chi connectivity index (χ0v) is 18.4. The Morgan fingerprint density at radius 1 is 1.06 bits per heavy atom. The van der Waals surface area contributed by atoms with Gasteiger partial charge < -0.3 is 29.7 Å². The summed E-state index contributed by atoms with van der Waals surface area (Å²) in [5.74, 6) is 1.18. The molecule has 1 aromatic heterocycles. The van der Waals surface area contributed by atoms with Crippen LogP contribution in [0.4, 0.5) is 4.79 Å². The van der Waals surface area contributed by atoms with Crippen LogP contribution in [0.15, 0.2) is 36.2 Å². The fourth-order valence-corrected chi connectivity index (χ4v) is 3.29. The lowest BCUT2D eigenvalue weighted by Crippen LogP contribution is -2.51. The van der Waals surface area contributed by atoms with Crippen LogP contribution in [0.25, 0.3) is 17.3 Å². The van der Waals surface area contributed by atoms with Gasteiger partial charge in [0, 0.05) is 44.0 Å². The molecule has 1 saturated heterocycles. The minimum atomic E-state index is -0.372. The predicted octanol–water partition coefficient (Wildman–Crippen LogP) is 1.76. The highest BCUT2D eigenvalue weighted by atomic mass is 16.6. The summed E-state index contributed by atoms with van der Waals surface area (Å²) in [7, 11) is 3.14. The summed E-state index contributed by atoms with van der Waals surface area (Å²) >= 11 is 0. The van der Waals surface area contributed by atoms with E-state index in [0.29, 0.717) is 55.8 Å². The fraction of sp³-hybridized carbons (Fsp3) is 0.364. The largest absolute Gasteiger partial charge is 0.493 e. The molecule has 0 aliphatic carbocycles. The minimum Gasteiger partial charge on any atom is -0.493 e. The SMILES string of the molecule is CCOC(=O)N1CCN(C(=O)/C(N)=C/c2nccc(-c3ccc(OC)c(OC)c3)n2)CC1. The van der Waals surface area contributed by atoms with Crippen LogP contribution in [-0.4, -0.2) is 78.8 Å². The van der Waals surface area contributed by atoms with Gasteiger partial charge in [-0.15, -0.1) is 0 Å². The number of rotatable bonds is 6. The number of ether oxygens (including phenoxy) is 3. The van der Waals surface area contributed by atoms with Gasteiger partial charge in [0.05, 0.1) is 26.5 Å². The van der Waals surface area contributed by atoms with Crippen molar-refractivity contribution in [3.63, 3.8) is 0 Å². The molecule has 0 saturated carbocycles. The first-order valence-electron chi connectivity index (χ1n) is 10.2. The maximum atomic E-state index is 12.7. The lowest BCUT2D eigenvalue weighted by molar-refractivity contribution is -0.128. The van der Waals surface area contributed by atoms with Crippen molar-refractivity contribution < 1.29 is 23.8 Å². The third kappa shape index (κ3) is 5.26. The fourth-order valence-electron chi connectivity index (χ4n) is 3.29. The van der Waals surface area contributed by atoms with E-state index >= 15 is 0 Å². The molecular formula is C22H27N5O5. The van der Waals surface area contributed by atoms with Crippen molar-refractivity contribution in [2.24, 2.45) is 5.73 Å². The lowest BCUT2D eigenvalue weighted by atomic mass is 10.1. The van der Waals surface area contributed by atoms with Gasteiger partial charge in [0.15, 0.2) is 17.3 Å². The number of carbonyl (C=O) groups is 2. The smallest absolute Gasteiger partial charge is 0.409 e. The highest BCUT2D eigenvalue weighted by Gasteiger charge is 2.25. The maximum Gasteiger partial charge on any atom is 0.409 e. The Morgan fingerprint density at radius 2 is 1.75 bits per heavy atom. The Labute approximate surface area is 186 Å². The van der Waals surface area contributed by atoms with Crippen molar-refractivity contribution in [3.05, 3.63) is 42.0 Å². The van der Waals surface area contributed by atoms with Crippen LogP contribution in [0.5, 0.6) is 11.5 Å². The average Bonchev–Trinajstić information content (AvgIpc) is 2.83. The van der Waals surface area contributed by atoms with Crippen LogP contribution < -0.4 is 15.2 Å². The summed E-state index contributed by atoms with van der Waals surface area (Å²) in [5, 5.41) is 0. The zero-order valence-electron chi connectivity index (χ0n) is 18.4. The number of piperazine rings is 1. The van der Waals surface area contributed by atoms with Crippen molar-refractivity contribution in [1.82, 2.24) is 19.8 Å². The molecule has 1 aliphatic rings. The van der Waals surface area contributed by atoms with E-state index in [9.17, 15) is 9.59 Å². The molecule has 1 aliphatic heterocycles. The predicted molar refractivity (Wildman–Crippen MR) is 118 cm³/mol. The maximum absolute atomic E-state index is 12.7. The summed E-state index contributed by atoms with van der Waals surface area (Å²) < 4.78 is 15.6. The Kier molecular flexibility index (Phi) is 7.48. The molecule has 1 aromatic carbocycles. The van der Waals surface area contributed by atoms with Gasteiger partial charge in [-0.05, 0) is 31.2 Å². The second-order valence-electron chi connectivity index (χ2n) is 6.95. The monoisotopic (exact) mass is 441 g/mol. The molecule has 10 nitrogen and oxygen atoms in total. The van der Waals surface area contributed by atoms with Gasteiger partial charge in [0.2, 0.25) is 0 Å². The van der Waals surface area contributed by atoms with Crippen LogP contribution in [0.2, 0.25) is 0 Å². The number of nitrogens with two attached hydrogens (primary N) is 1. The van der Waals surface area contributed by atoms with E-state index in [2.05, 4.69) is 9.97 Å². The van der Waals surface area contributed by atoms with Gasteiger partial charge in [-0.2, -0.15) is 0 Å². The number of methoxy groups -OCH3 is 2. The molecular weight excluding hydrogens is 414 g/mol. The first kappa shape index (κ1) is 22.9. The van der Waals surface area contributed by atoms with E-state index in [1.54, 1.807) is 49.3 Å². The first-order chi connectivity index (χ1) is 15.5. The van der Waals surface area contributed by atoms with Gasteiger partial charge in [-0.3, -0.25) is 4.79 Å². The zero-order chi connectivity index (χ0) is 23.1. The van der Waals surface area contributed by atoms with Gasteiger partial charge >= 0.3 is 6.09 Å². The quantitative estimate of drug-likeness (QED) is 0.674. The van der Waals surface area contributed by atoms with Crippen LogP contribution in [-0.2, 0) is 9.53 Å². The van der Waals surface area contributed by atoms with E-state index in [-0.39, 0.29) is 17.7 Å². The van der Waals surface area contributed by atoms with Crippen LogP contribution in [0.3, 0.4) is 0 Å². The van der Waals surface area contributed by atoms with E-state index in [4.69, 9.17) is 19.9 Å². The number of benzene rings is 1. The summed E-state index contributed by atoms with van der Waals surface area (Å²) in [6.07, 6.45) is 2.67. The highest BCUT2D eigenvalue weighted by Crippen LogP contribution is 2.31. The van der Waals surface area contributed by atoms with Crippen LogP contribution >= 0.6 is 0 Å².